The first-order valence-corrected chi connectivity index (χ1v) is 9.06. The highest BCUT2D eigenvalue weighted by Crippen LogP contribution is 2.31. The number of rotatable bonds is 3. The Morgan fingerprint density at radius 1 is 1.31 bits per heavy atom. The molecule has 1 aromatic carbocycles. The first-order valence-electron chi connectivity index (χ1n) is 8.18. The molecular formula is C18H17F3N2O2S. The number of Topliss-reactive ketones (excluding diaryl/α,β-unsaturated/α-hetero) is 1. The molecule has 3 rings (SSSR count). The van der Waals surface area contributed by atoms with Crippen molar-refractivity contribution < 1.29 is 22.8 Å². The zero-order valence-electron chi connectivity index (χ0n) is 14.0. The summed E-state index contributed by atoms with van der Waals surface area (Å²) < 4.78 is 38.6. The topological polar surface area (TPSA) is 50.3 Å². The van der Waals surface area contributed by atoms with Crippen molar-refractivity contribution in [3.8, 4) is 0 Å². The molecule has 0 unspecified atom stereocenters. The number of hydrogen-bond acceptors (Lipinski definition) is 4. The van der Waals surface area contributed by atoms with Crippen LogP contribution in [0.5, 0.6) is 0 Å². The molecule has 0 spiro atoms. The Balaban J connectivity index is 1.76. The zero-order valence-corrected chi connectivity index (χ0v) is 14.9. The van der Waals surface area contributed by atoms with E-state index in [1.807, 2.05) is 0 Å². The smallest absolute Gasteiger partial charge is 0.337 e. The molecule has 1 atom stereocenters. The van der Waals surface area contributed by atoms with E-state index in [-0.39, 0.29) is 23.8 Å². The minimum atomic E-state index is -4.49. The van der Waals surface area contributed by atoms with Crippen LogP contribution in [0.3, 0.4) is 0 Å². The van der Waals surface area contributed by atoms with Gasteiger partial charge in [0.25, 0.3) is 5.91 Å². The number of carbonyl (C=O) groups is 2. The molecule has 138 valence electrons. The highest BCUT2D eigenvalue weighted by atomic mass is 32.1. The van der Waals surface area contributed by atoms with E-state index in [0.717, 1.165) is 12.1 Å². The fraction of sp³-hybridized carbons (Fsp3) is 0.389. The van der Waals surface area contributed by atoms with Crippen LogP contribution in [0.2, 0.25) is 0 Å². The number of aryl methyl sites for hydroxylation is 1. The molecule has 1 aromatic heterocycles. The third-order valence-corrected chi connectivity index (χ3v) is 5.41. The molecular weight excluding hydrogens is 365 g/mol. The molecule has 0 N–H and O–H groups in total. The van der Waals surface area contributed by atoms with E-state index in [1.165, 1.54) is 23.5 Å². The molecule has 0 bridgehead atoms. The molecule has 1 amide bonds. The summed E-state index contributed by atoms with van der Waals surface area (Å²) in [5.74, 6) is -1.02. The molecule has 4 nitrogen and oxygen atoms in total. The molecule has 0 radical (unpaired) electrons. The van der Waals surface area contributed by atoms with Gasteiger partial charge in [0.1, 0.15) is 4.88 Å². The molecule has 1 aliphatic rings. The second-order valence-electron chi connectivity index (χ2n) is 6.30. The number of nitrogens with zero attached hydrogens (tertiary/aromatic N) is 2. The number of likely N-dealkylation sites (tertiary alicyclic amines) is 1. The first-order chi connectivity index (χ1) is 12.3. The predicted octanol–water partition coefficient (Wildman–Crippen LogP) is 4.21. The van der Waals surface area contributed by atoms with Crippen molar-refractivity contribution in [2.24, 2.45) is 5.92 Å². The standard InChI is InChI=1S/C18H17F3N2O2S/c1-11-16(26-10-22-11)17(25)23-7-3-5-13(9-23)15(24)12-4-2-6-14(8-12)18(19,20)21/h2,4,6,8,10,13H,3,5,7,9H2,1H3/t13-/m1/s1. The fourth-order valence-electron chi connectivity index (χ4n) is 3.11. The van der Waals surface area contributed by atoms with E-state index in [1.54, 1.807) is 17.3 Å². The van der Waals surface area contributed by atoms with Crippen molar-refractivity contribution in [1.82, 2.24) is 9.88 Å². The summed E-state index contributed by atoms with van der Waals surface area (Å²) in [6, 6.07) is 4.46. The number of ketones is 1. The molecule has 2 heterocycles. The third-order valence-electron chi connectivity index (χ3n) is 4.49. The second-order valence-corrected chi connectivity index (χ2v) is 7.15. The van der Waals surface area contributed by atoms with E-state index in [4.69, 9.17) is 0 Å². The minimum absolute atomic E-state index is 0.0353. The number of halogens is 3. The van der Waals surface area contributed by atoms with Gasteiger partial charge >= 0.3 is 6.18 Å². The van der Waals surface area contributed by atoms with Gasteiger partial charge in [-0.05, 0) is 31.9 Å². The van der Waals surface area contributed by atoms with Gasteiger partial charge in [0.15, 0.2) is 5.78 Å². The monoisotopic (exact) mass is 382 g/mol. The predicted molar refractivity (Wildman–Crippen MR) is 91.3 cm³/mol. The SMILES string of the molecule is Cc1ncsc1C(=O)N1CCC[C@@H](C(=O)c2cccc(C(F)(F)F)c2)C1. The lowest BCUT2D eigenvalue weighted by Crippen LogP contribution is -2.42. The maximum absolute atomic E-state index is 12.9. The van der Waals surface area contributed by atoms with Gasteiger partial charge in [0.05, 0.1) is 16.8 Å². The quantitative estimate of drug-likeness (QED) is 0.748. The number of thiazole rings is 1. The lowest BCUT2D eigenvalue weighted by molar-refractivity contribution is -0.137. The molecule has 1 aliphatic heterocycles. The van der Waals surface area contributed by atoms with Gasteiger partial charge in [-0.25, -0.2) is 4.98 Å². The second kappa shape index (κ2) is 7.19. The Kier molecular flexibility index (Phi) is 5.13. The molecule has 26 heavy (non-hydrogen) atoms. The Morgan fingerprint density at radius 3 is 2.73 bits per heavy atom. The van der Waals surface area contributed by atoms with E-state index in [9.17, 15) is 22.8 Å². The lowest BCUT2D eigenvalue weighted by atomic mass is 9.89. The maximum Gasteiger partial charge on any atom is 0.416 e. The van der Waals surface area contributed by atoms with E-state index < -0.39 is 17.7 Å². The number of benzene rings is 1. The van der Waals surface area contributed by atoms with E-state index >= 15 is 0 Å². The normalized spacial score (nSPS) is 18.0. The number of alkyl halides is 3. The summed E-state index contributed by atoms with van der Waals surface area (Å²) in [6.45, 7) is 2.49. The molecule has 1 saturated heterocycles. The first kappa shape index (κ1) is 18.6. The van der Waals surface area contributed by atoms with Gasteiger partial charge in [-0.2, -0.15) is 13.2 Å². The van der Waals surface area contributed by atoms with Crippen LogP contribution in [0.4, 0.5) is 13.2 Å². The summed E-state index contributed by atoms with van der Waals surface area (Å²) in [6.07, 6.45) is -3.30. The van der Waals surface area contributed by atoms with Crippen molar-refractivity contribution >= 4 is 23.0 Å². The van der Waals surface area contributed by atoms with Crippen LogP contribution < -0.4 is 0 Å². The summed E-state index contributed by atoms with van der Waals surface area (Å²) in [5, 5.41) is 0. The van der Waals surface area contributed by atoms with E-state index in [2.05, 4.69) is 4.98 Å². The van der Waals surface area contributed by atoms with Crippen molar-refractivity contribution in [2.75, 3.05) is 13.1 Å². The van der Waals surface area contributed by atoms with Gasteiger partial charge in [0.2, 0.25) is 0 Å². The van der Waals surface area contributed by atoms with Gasteiger partial charge in [-0.15, -0.1) is 11.3 Å². The van der Waals surface area contributed by atoms with E-state index in [0.29, 0.717) is 30.0 Å². The summed E-state index contributed by atoms with van der Waals surface area (Å²) in [7, 11) is 0. The van der Waals surface area contributed by atoms with Gasteiger partial charge in [-0.1, -0.05) is 12.1 Å². The number of hydrogen-bond donors (Lipinski definition) is 0. The number of carbonyl (C=O) groups excluding carboxylic acids is 2. The van der Waals surface area contributed by atoms with Crippen LogP contribution in [0.1, 0.15) is 44.1 Å². The highest BCUT2D eigenvalue weighted by molar-refractivity contribution is 7.11. The highest BCUT2D eigenvalue weighted by Gasteiger charge is 2.33. The Labute approximate surface area is 152 Å². The van der Waals surface area contributed by atoms with Crippen molar-refractivity contribution in [3.05, 3.63) is 51.5 Å². The molecule has 0 aliphatic carbocycles. The third kappa shape index (κ3) is 3.80. The Morgan fingerprint density at radius 2 is 2.08 bits per heavy atom. The zero-order chi connectivity index (χ0) is 18.9. The average Bonchev–Trinajstić information content (AvgIpc) is 3.06. The summed E-state index contributed by atoms with van der Waals surface area (Å²) >= 11 is 1.25. The minimum Gasteiger partial charge on any atom is -0.337 e. The van der Waals surface area contributed by atoms with Crippen LogP contribution in [-0.2, 0) is 6.18 Å². The van der Waals surface area contributed by atoms with Gasteiger partial charge in [-0.3, -0.25) is 9.59 Å². The average molecular weight is 382 g/mol. The van der Waals surface area contributed by atoms with Crippen molar-refractivity contribution in [2.45, 2.75) is 25.9 Å². The van der Waals surface area contributed by atoms with Crippen LogP contribution >= 0.6 is 11.3 Å². The fourth-order valence-corrected chi connectivity index (χ4v) is 3.88. The Bertz CT molecular complexity index is 832. The summed E-state index contributed by atoms with van der Waals surface area (Å²) in [4.78, 5) is 31.5. The Hall–Kier alpha value is -2.22. The van der Waals surface area contributed by atoms with Crippen LogP contribution in [-0.4, -0.2) is 34.7 Å². The largest absolute Gasteiger partial charge is 0.416 e. The molecule has 1 fully saturated rings. The number of amides is 1. The van der Waals surface area contributed by atoms with Crippen molar-refractivity contribution in [1.29, 1.82) is 0 Å². The van der Waals surface area contributed by atoms with Crippen LogP contribution in [0, 0.1) is 12.8 Å². The maximum atomic E-state index is 12.9. The van der Waals surface area contributed by atoms with Gasteiger partial charge < -0.3 is 4.90 Å². The van der Waals surface area contributed by atoms with Gasteiger partial charge in [0, 0.05) is 24.6 Å². The summed E-state index contributed by atoms with van der Waals surface area (Å²) in [5.41, 5.74) is 1.43. The number of aromatic nitrogens is 1. The van der Waals surface area contributed by atoms with Crippen LogP contribution in [0.15, 0.2) is 29.8 Å². The molecule has 0 saturated carbocycles. The number of piperidine rings is 1. The van der Waals surface area contributed by atoms with Crippen LogP contribution in [0.25, 0.3) is 0 Å². The molecule has 2 aromatic rings. The van der Waals surface area contributed by atoms with Crippen molar-refractivity contribution in [3.63, 3.8) is 0 Å². The molecule has 8 heteroatoms. The lowest BCUT2D eigenvalue weighted by Gasteiger charge is -2.32.